The molecule has 2 heterocycles. The molecule has 2 fully saturated rings. The van der Waals surface area contributed by atoms with E-state index in [2.05, 4.69) is 40.4 Å². The number of hydrogen-bond acceptors (Lipinski definition) is 4. The number of rotatable bonds is 4. The Morgan fingerprint density at radius 1 is 1.08 bits per heavy atom. The van der Waals surface area contributed by atoms with Crippen LogP contribution in [0, 0.1) is 0 Å². The van der Waals surface area contributed by atoms with E-state index in [-0.39, 0.29) is 6.10 Å². The second kappa shape index (κ2) is 8.11. The van der Waals surface area contributed by atoms with Gasteiger partial charge in [-0.1, -0.05) is 36.8 Å². The maximum absolute atomic E-state index is 5.72. The second-order valence-corrected chi connectivity index (χ2v) is 7.62. The predicted octanol–water partition coefficient (Wildman–Crippen LogP) is 4.46. The molecule has 4 nitrogen and oxygen atoms in total. The third-order valence-corrected chi connectivity index (χ3v) is 5.74. The van der Waals surface area contributed by atoms with Crippen molar-refractivity contribution in [1.82, 2.24) is 4.68 Å². The van der Waals surface area contributed by atoms with E-state index in [1.807, 2.05) is 0 Å². The van der Waals surface area contributed by atoms with Gasteiger partial charge in [-0.3, -0.25) is 4.99 Å². The van der Waals surface area contributed by atoms with Crippen LogP contribution in [-0.2, 0) is 4.74 Å². The molecule has 0 amide bonds. The monoisotopic (exact) mass is 355 g/mol. The van der Waals surface area contributed by atoms with Crippen LogP contribution in [0.5, 0.6) is 0 Å². The fourth-order valence-corrected chi connectivity index (χ4v) is 4.32. The molecule has 1 saturated heterocycles. The summed E-state index contributed by atoms with van der Waals surface area (Å²) < 4.78 is 7.79. The largest absolute Gasteiger partial charge is 0.376 e. The lowest BCUT2D eigenvalue weighted by molar-refractivity contribution is 0.117. The first kappa shape index (κ1) is 16.7. The van der Waals surface area contributed by atoms with Crippen molar-refractivity contribution in [3.8, 4) is 11.3 Å². The predicted molar refractivity (Wildman–Crippen MR) is 103 cm³/mol. The summed E-state index contributed by atoms with van der Waals surface area (Å²) in [6.07, 6.45) is 8.62. The summed E-state index contributed by atoms with van der Waals surface area (Å²) in [5.41, 5.74) is 3.63. The van der Waals surface area contributed by atoms with Gasteiger partial charge in [0, 0.05) is 23.3 Å². The molecule has 0 unspecified atom stereocenters. The van der Waals surface area contributed by atoms with Crippen molar-refractivity contribution >= 4 is 17.0 Å². The number of ether oxygens (including phenoxy) is 1. The van der Waals surface area contributed by atoms with Gasteiger partial charge in [-0.15, -0.1) is 11.3 Å². The van der Waals surface area contributed by atoms with Gasteiger partial charge in [-0.05, 0) is 38.5 Å². The van der Waals surface area contributed by atoms with Gasteiger partial charge in [-0.25, -0.2) is 4.68 Å². The summed E-state index contributed by atoms with van der Waals surface area (Å²) in [4.78, 5) is 5.83. The van der Waals surface area contributed by atoms with Crippen molar-refractivity contribution in [3.05, 3.63) is 40.5 Å². The molecule has 1 aliphatic carbocycles. The molecule has 0 bridgehead atoms. The standard InChI is InChI=1S/C20H25N3OS/c1-3-8-16(9-4-1)19-15-25-20(21-14-18-12-7-13-24-18)23(19)22-17-10-5-2-6-11-17/h1,3-4,8-9,15,18H,2,5-7,10-14H2/t18-/m1/s1. The molecule has 1 aromatic carbocycles. The number of aromatic nitrogens is 1. The Hall–Kier alpha value is -1.72. The highest BCUT2D eigenvalue weighted by Crippen LogP contribution is 2.22. The Morgan fingerprint density at radius 3 is 2.68 bits per heavy atom. The third kappa shape index (κ3) is 4.10. The normalized spacial score (nSPS) is 21.7. The highest BCUT2D eigenvalue weighted by Gasteiger charge is 2.15. The van der Waals surface area contributed by atoms with Crippen molar-refractivity contribution in [2.45, 2.75) is 51.0 Å². The minimum absolute atomic E-state index is 0.276. The molecule has 1 aliphatic heterocycles. The van der Waals surface area contributed by atoms with Crippen LogP contribution in [0.25, 0.3) is 11.3 Å². The summed E-state index contributed by atoms with van der Waals surface area (Å²) in [5.74, 6) is 0. The van der Waals surface area contributed by atoms with Crippen LogP contribution in [0.15, 0.2) is 45.8 Å². The van der Waals surface area contributed by atoms with Crippen LogP contribution in [0.2, 0.25) is 0 Å². The minimum atomic E-state index is 0.276. The molecule has 1 aromatic heterocycles. The fraction of sp³-hybridized carbons (Fsp3) is 0.500. The van der Waals surface area contributed by atoms with E-state index >= 15 is 0 Å². The first-order chi connectivity index (χ1) is 12.4. The molecule has 2 aliphatic rings. The molecule has 5 heteroatoms. The van der Waals surface area contributed by atoms with Gasteiger partial charge in [-0.2, -0.15) is 5.10 Å². The highest BCUT2D eigenvalue weighted by molar-refractivity contribution is 7.07. The Labute approximate surface area is 152 Å². The van der Waals surface area contributed by atoms with E-state index in [0.717, 1.165) is 49.3 Å². The zero-order valence-electron chi connectivity index (χ0n) is 14.6. The molecular formula is C20H25N3OS. The van der Waals surface area contributed by atoms with Gasteiger partial charge in [0.15, 0.2) is 0 Å². The molecule has 0 N–H and O–H groups in total. The van der Waals surface area contributed by atoms with E-state index in [4.69, 9.17) is 14.8 Å². The SMILES string of the molecule is c1ccc(-c2csc(=NC[C@H]3CCCO3)n2N=C2CCCCC2)cc1. The quantitative estimate of drug-likeness (QED) is 0.798. The smallest absolute Gasteiger partial charge is 0.206 e. The van der Waals surface area contributed by atoms with Crippen LogP contribution in [0.1, 0.15) is 44.9 Å². The first-order valence-corrected chi connectivity index (χ1v) is 10.2. The molecule has 2 aromatic rings. The van der Waals surface area contributed by atoms with Crippen LogP contribution in [0.3, 0.4) is 0 Å². The number of benzene rings is 1. The second-order valence-electron chi connectivity index (χ2n) is 6.78. The van der Waals surface area contributed by atoms with E-state index < -0.39 is 0 Å². The Morgan fingerprint density at radius 2 is 1.92 bits per heavy atom. The van der Waals surface area contributed by atoms with Crippen molar-refractivity contribution in [2.75, 3.05) is 13.2 Å². The summed E-state index contributed by atoms with van der Waals surface area (Å²) in [6, 6.07) is 10.5. The Balaban J connectivity index is 1.70. The maximum Gasteiger partial charge on any atom is 0.206 e. The van der Waals surface area contributed by atoms with E-state index in [9.17, 15) is 0 Å². The molecule has 4 rings (SSSR count). The van der Waals surface area contributed by atoms with Crippen LogP contribution in [0.4, 0.5) is 0 Å². The summed E-state index contributed by atoms with van der Waals surface area (Å²) in [5, 5.41) is 7.19. The lowest BCUT2D eigenvalue weighted by atomic mass is 9.99. The van der Waals surface area contributed by atoms with Crippen LogP contribution >= 0.6 is 11.3 Å². The van der Waals surface area contributed by atoms with Crippen molar-refractivity contribution in [3.63, 3.8) is 0 Å². The van der Waals surface area contributed by atoms with Gasteiger partial charge in [0.2, 0.25) is 4.80 Å². The van der Waals surface area contributed by atoms with Gasteiger partial charge in [0.25, 0.3) is 0 Å². The molecule has 0 spiro atoms. The van der Waals surface area contributed by atoms with E-state index in [0.29, 0.717) is 0 Å². The van der Waals surface area contributed by atoms with Crippen LogP contribution < -0.4 is 4.80 Å². The fourth-order valence-electron chi connectivity index (χ4n) is 3.48. The topological polar surface area (TPSA) is 38.9 Å². The molecule has 1 saturated carbocycles. The maximum atomic E-state index is 5.72. The van der Waals surface area contributed by atoms with Crippen molar-refractivity contribution < 1.29 is 4.74 Å². The Bertz CT molecular complexity index is 777. The average molecular weight is 356 g/mol. The molecule has 0 radical (unpaired) electrons. The van der Waals surface area contributed by atoms with Crippen molar-refractivity contribution in [1.29, 1.82) is 0 Å². The zero-order chi connectivity index (χ0) is 16.9. The summed E-state index contributed by atoms with van der Waals surface area (Å²) >= 11 is 1.68. The number of hydrogen-bond donors (Lipinski definition) is 0. The molecular weight excluding hydrogens is 330 g/mol. The lowest BCUT2D eigenvalue weighted by Gasteiger charge is -2.13. The summed E-state index contributed by atoms with van der Waals surface area (Å²) in [6.45, 7) is 1.61. The summed E-state index contributed by atoms with van der Waals surface area (Å²) in [7, 11) is 0. The van der Waals surface area contributed by atoms with Gasteiger partial charge < -0.3 is 4.74 Å². The molecule has 25 heavy (non-hydrogen) atoms. The van der Waals surface area contributed by atoms with E-state index in [1.54, 1.807) is 11.3 Å². The van der Waals surface area contributed by atoms with Crippen LogP contribution in [-0.4, -0.2) is 29.6 Å². The average Bonchev–Trinajstić information content (AvgIpc) is 3.32. The third-order valence-electron chi connectivity index (χ3n) is 4.88. The Kier molecular flexibility index (Phi) is 5.43. The zero-order valence-corrected chi connectivity index (χ0v) is 15.4. The van der Waals surface area contributed by atoms with E-state index in [1.165, 1.54) is 30.5 Å². The van der Waals surface area contributed by atoms with Gasteiger partial charge in [0.1, 0.15) is 0 Å². The lowest BCUT2D eigenvalue weighted by Crippen LogP contribution is -2.19. The van der Waals surface area contributed by atoms with Gasteiger partial charge >= 0.3 is 0 Å². The van der Waals surface area contributed by atoms with Gasteiger partial charge in [0.05, 0.1) is 18.3 Å². The minimum Gasteiger partial charge on any atom is -0.376 e. The molecule has 1 atom stereocenters. The van der Waals surface area contributed by atoms with Crippen molar-refractivity contribution in [2.24, 2.45) is 10.1 Å². The highest BCUT2D eigenvalue weighted by atomic mass is 32.1. The molecule has 132 valence electrons. The first-order valence-electron chi connectivity index (χ1n) is 9.35. The number of nitrogens with zero attached hydrogens (tertiary/aromatic N) is 3. The number of thiazole rings is 1.